The average Bonchev–Trinajstić information content (AvgIpc) is 2.83. The third kappa shape index (κ3) is 2.30. The number of nitrogens with one attached hydrogen (secondary N) is 1. The van der Waals surface area contributed by atoms with Crippen molar-refractivity contribution in [2.24, 2.45) is 0 Å². The molecule has 0 aliphatic rings. The number of methoxy groups -OCH3 is 1. The fourth-order valence-electron chi connectivity index (χ4n) is 2.03. The number of ether oxygens (including phenoxy) is 1. The van der Waals surface area contributed by atoms with Gasteiger partial charge in [-0.25, -0.2) is 9.50 Å². The van der Waals surface area contributed by atoms with E-state index in [2.05, 4.69) is 10.1 Å². The lowest BCUT2D eigenvalue weighted by atomic mass is 10.1. The predicted octanol–water partition coefficient (Wildman–Crippen LogP) is 3.21. The van der Waals surface area contributed by atoms with Gasteiger partial charge in [-0.3, -0.25) is 5.10 Å². The fraction of sp³-hybridized carbons (Fsp3) is 0.143. The Bertz CT molecular complexity index is 761. The molecule has 0 atom stereocenters. The summed E-state index contributed by atoms with van der Waals surface area (Å²) in [4.78, 5) is 4.62. The Balaban J connectivity index is 2.16. The second-order valence-corrected chi connectivity index (χ2v) is 4.67. The highest BCUT2D eigenvalue weighted by atomic mass is 32.1. The highest BCUT2D eigenvalue weighted by Crippen LogP contribution is 2.18. The molecule has 0 fully saturated rings. The zero-order valence-electron chi connectivity index (χ0n) is 10.5. The maximum Gasteiger partial charge on any atom is 0.155 e. The van der Waals surface area contributed by atoms with Crippen molar-refractivity contribution in [3.63, 3.8) is 0 Å². The topological polar surface area (TPSA) is 42.3 Å². The first-order valence-corrected chi connectivity index (χ1v) is 6.35. The van der Waals surface area contributed by atoms with Crippen LogP contribution in [0.3, 0.4) is 0 Å². The van der Waals surface area contributed by atoms with Crippen LogP contribution < -0.4 is 0 Å². The van der Waals surface area contributed by atoms with Gasteiger partial charge < -0.3 is 4.74 Å². The lowest BCUT2D eigenvalue weighted by Gasteiger charge is -2.01. The molecule has 0 unspecified atom stereocenters. The monoisotopic (exact) mass is 271 g/mol. The summed E-state index contributed by atoms with van der Waals surface area (Å²) in [6.45, 7) is 0.513. The summed E-state index contributed by atoms with van der Waals surface area (Å²) in [5.74, 6) is 0. The molecular formula is C14H13N3OS. The molecule has 0 saturated heterocycles. The number of aromatic nitrogens is 3. The molecule has 2 aromatic heterocycles. The number of hydrogen-bond donors (Lipinski definition) is 1. The molecule has 0 saturated carbocycles. The zero-order chi connectivity index (χ0) is 13.2. The van der Waals surface area contributed by atoms with Gasteiger partial charge in [-0.2, -0.15) is 0 Å². The molecule has 0 radical (unpaired) electrons. The Labute approximate surface area is 115 Å². The summed E-state index contributed by atoms with van der Waals surface area (Å²) in [5.41, 5.74) is 3.70. The third-order valence-corrected chi connectivity index (χ3v) is 3.17. The van der Waals surface area contributed by atoms with Crippen LogP contribution in [0.1, 0.15) is 5.69 Å². The van der Waals surface area contributed by atoms with Gasteiger partial charge in [-0.05, 0) is 0 Å². The molecule has 0 bridgehead atoms. The van der Waals surface area contributed by atoms with Gasteiger partial charge in [-0.15, -0.1) is 0 Å². The fourth-order valence-corrected chi connectivity index (χ4v) is 2.28. The average molecular weight is 271 g/mol. The van der Waals surface area contributed by atoms with Crippen molar-refractivity contribution < 1.29 is 4.74 Å². The Kier molecular flexibility index (Phi) is 3.15. The molecule has 5 heteroatoms. The van der Waals surface area contributed by atoms with Crippen LogP contribution in [-0.4, -0.2) is 21.7 Å². The van der Waals surface area contributed by atoms with Crippen molar-refractivity contribution in [1.82, 2.24) is 14.6 Å². The summed E-state index contributed by atoms with van der Waals surface area (Å²) in [7, 11) is 1.66. The number of fused-ring (bicyclic) bond motifs is 1. The highest BCUT2D eigenvalue weighted by molar-refractivity contribution is 7.71. The molecule has 2 heterocycles. The van der Waals surface area contributed by atoms with E-state index in [9.17, 15) is 0 Å². The lowest BCUT2D eigenvalue weighted by Crippen LogP contribution is -1.95. The highest BCUT2D eigenvalue weighted by Gasteiger charge is 2.05. The van der Waals surface area contributed by atoms with Crippen LogP contribution in [0.15, 0.2) is 42.5 Å². The van der Waals surface area contributed by atoms with E-state index in [1.807, 2.05) is 42.5 Å². The van der Waals surface area contributed by atoms with Gasteiger partial charge in [-0.1, -0.05) is 42.5 Å². The number of rotatable bonds is 3. The maximum absolute atomic E-state index is 5.39. The Morgan fingerprint density at radius 1 is 1.26 bits per heavy atom. The minimum Gasteiger partial charge on any atom is -0.378 e. The van der Waals surface area contributed by atoms with Crippen LogP contribution in [0.5, 0.6) is 0 Å². The van der Waals surface area contributed by atoms with Crippen molar-refractivity contribution in [3.8, 4) is 11.3 Å². The number of aromatic amines is 1. The number of benzene rings is 1. The lowest BCUT2D eigenvalue weighted by molar-refractivity contribution is 0.181. The van der Waals surface area contributed by atoms with Crippen LogP contribution in [-0.2, 0) is 11.3 Å². The van der Waals surface area contributed by atoms with Crippen LogP contribution in [0.25, 0.3) is 16.9 Å². The van der Waals surface area contributed by atoms with E-state index in [0.717, 1.165) is 22.6 Å². The second-order valence-electron chi connectivity index (χ2n) is 4.25. The Morgan fingerprint density at radius 3 is 2.79 bits per heavy atom. The second kappa shape index (κ2) is 4.95. The van der Waals surface area contributed by atoms with E-state index in [1.165, 1.54) is 0 Å². The normalized spacial score (nSPS) is 11.0. The van der Waals surface area contributed by atoms with Crippen LogP contribution in [0.2, 0.25) is 0 Å². The molecule has 3 rings (SSSR count). The molecule has 0 aliphatic heterocycles. The number of hydrogen-bond acceptors (Lipinski definition) is 3. The largest absolute Gasteiger partial charge is 0.378 e. The first-order valence-electron chi connectivity index (χ1n) is 5.94. The smallest absolute Gasteiger partial charge is 0.155 e. The van der Waals surface area contributed by atoms with Crippen molar-refractivity contribution in [1.29, 1.82) is 0 Å². The van der Waals surface area contributed by atoms with Gasteiger partial charge in [0.1, 0.15) is 4.64 Å². The van der Waals surface area contributed by atoms with Crippen molar-refractivity contribution >= 4 is 17.9 Å². The minimum atomic E-state index is 0.513. The molecule has 0 spiro atoms. The molecule has 3 aromatic rings. The maximum atomic E-state index is 5.39. The van der Waals surface area contributed by atoms with Gasteiger partial charge in [0.2, 0.25) is 0 Å². The van der Waals surface area contributed by atoms with Gasteiger partial charge in [0.15, 0.2) is 5.65 Å². The summed E-state index contributed by atoms with van der Waals surface area (Å²) < 4.78 is 7.59. The van der Waals surface area contributed by atoms with E-state index in [1.54, 1.807) is 11.6 Å². The van der Waals surface area contributed by atoms with Crippen molar-refractivity contribution in [3.05, 3.63) is 52.8 Å². The van der Waals surface area contributed by atoms with Gasteiger partial charge >= 0.3 is 0 Å². The first kappa shape index (κ1) is 12.1. The number of H-pyrrole nitrogens is 1. The van der Waals surface area contributed by atoms with E-state index in [4.69, 9.17) is 17.0 Å². The SMILES string of the molecule is COCc1cc2nc(-c3ccccc3)cc(=S)n2[nH]1. The number of nitrogens with zero attached hydrogens (tertiary/aromatic N) is 2. The molecule has 0 amide bonds. The predicted molar refractivity (Wildman–Crippen MR) is 76.5 cm³/mol. The minimum absolute atomic E-state index is 0.513. The van der Waals surface area contributed by atoms with Crippen LogP contribution >= 0.6 is 12.2 Å². The molecule has 19 heavy (non-hydrogen) atoms. The summed E-state index contributed by atoms with van der Waals surface area (Å²) in [5, 5.41) is 3.17. The van der Waals surface area contributed by atoms with E-state index in [0.29, 0.717) is 11.2 Å². The van der Waals surface area contributed by atoms with Crippen LogP contribution in [0, 0.1) is 4.64 Å². The quantitative estimate of drug-likeness (QED) is 0.744. The molecule has 96 valence electrons. The molecule has 1 aromatic carbocycles. The Hall–Kier alpha value is -1.98. The molecular weight excluding hydrogens is 258 g/mol. The zero-order valence-corrected chi connectivity index (χ0v) is 11.3. The van der Waals surface area contributed by atoms with E-state index >= 15 is 0 Å². The van der Waals surface area contributed by atoms with Gasteiger partial charge in [0, 0.05) is 24.8 Å². The summed E-state index contributed by atoms with van der Waals surface area (Å²) >= 11 is 5.39. The third-order valence-electron chi connectivity index (χ3n) is 2.87. The van der Waals surface area contributed by atoms with E-state index in [-0.39, 0.29) is 0 Å². The molecule has 4 nitrogen and oxygen atoms in total. The van der Waals surface area contributed by atoms with Crippen molar-refractivity contribution in [2.75, 3.05) is 7.11 Å². The molecule has 1 N–H and O–H groups in total. The van der Waals surface area contributed by atoms with Crippen LogP contribution in [0.4, 0.5) is 0 Å². The molecule has 0 aliphatic carbocycles. The standard InChI is InChI=1S/C14H13N3OS/c1-18-9-11-7-13-15-12(8-14(19)17(13)16-11)10-5-3-2-4-6-10/h2-8,16H,9H2,1H3. The van der Waals surface area contributed by atoms with Crippen molar-refractivity contribution in [2.45, 2.75) is 6.61 Å². The Morgan fingerprint density at radius 2 is 2.05 bits per heavy atom. The van der Waals surface area contributed by atoms with Gasteiger partial charge in [0.25, 0.3) is 0 Å². The first-order chi connectivity index (χ1) is 9.28. The van der Waals surface area contributed by atoms with Gasteiger partial charge in [0.05, 0.1) is 18.0 Å². The van der Waals surface area contributed by atoms with E-state index < -0.39 is 0 Å². The summed E-state index contributed by atoms with van der Waals surface area (Å²) in [6.07, 6.45) is 0. The summed E-state index contributed by atoms with van der Waals surface area (Å²) in [6, 6.07) is 13.9.